The third-order valence-corrected chi connectivity index (χ3v) is 9.16. The van der Waals surface area contributed by atoms with Crippen LogP contribution in [0.15, 0.2) is 11.6 Å². The monoisotopic (exact) mass is 468 g/mol. The summed E-state index contributed by atoms with van der Waals surface area (Å²) in [5.74, 6) is -0.310. The maximum Gasteiger partial charge on any atom is 0.509 e. The fraction of sp³-hybridized carbons (Fsp3) is 0.792. The molecule has 3 saturated carbocycles. The standard InChI is InChI=1S/C24H33ClO7/c1-4-30-21(29)32-24(20(28)31-13-25)10-8-17-16-6-5-14-11-15(26)7-9-22(14,2)19(16)18(27)12-23(17,24)3/h11,16-19,27H,4-10,12-13H2,1-3H3/t16?,17?,18-,19?,22-,23-,24-/m0/s1. The molecule has 0 spiro atoms. The molecule has 8 heteroatoms. The van der Waals surface area contributed by atoms with E-state index in [0.29, 0.717) is 25.7 Å². The van der Waals surface area contributed by atoms with E-state index in [1.807, 2.05) is 6.92 Å². The summed E-state index contributed by atoms with van der Waals surface area (Å²) in [6, 6.07) is -0.345. The highest BCUT2D eigenvalue weighted by Gasteiger charge is 2.71. The van der Waals surface area contributed by atoms with Crippen molar-refractivity contribution >= 4 is 29.5 Å². The molecule has 0 saturated heterocycles. The minimum absolute atomic E-state index is 0.00360. The third-order valence-electron chi connectivity index (χ3n) is 9.05. The highest BCUT2D eigenvalue weighted by atomic mass is 35.5. The first-order valence-electron chi connectivity index (χ1n) is 11.6. The molecule has 0 heterocycles. The summed E-state index contributed by atoms with van der Waals surface area (Å²) < 4.78 is 15.9. The average Bonchev–Trinajstić information content (AvgIpc) is 3.01. The minimum atomic E-state index is -1.55. The summed E-state index contributed by atoms with van der Waals surface area (Å²) in [5.41, 5.74) is -1.46. The Morgan fingerprint density at radius 1 is 1.19 bits per heavy atom. The second kappa shape index (κ2) is 8.32. The van der Waals surface area contributed by atoms with Crippen LogP contribution in [-0.2, 0) is 23.8 Å². The number of carbonyl (C=O) groups is 3. The van der Waals surface area contributed by atoms with E-state index >= 15 is 0 Å². The Hall–Kier alpha value is -1.60. The van der Waals surface area contributed by atoms with Crippen LogP contribution in [0.1, 0.15) is 65.7 Å². The van der Waals surface area contributed by atoms with Crippen molar-refractivity contribution in [2.75, 3.05) is 12.7 Å². The zero-order valence-electron chi connectivity index (χ0n) is 19.0. The van der Waals surface area contributed by atoms with Crippen molar-refractivity contribution in [2.24, 2.45) is 28.6 Å². The maximum absolute atomic E-state index is 13.2. The van der Waals surface area contributed by atoms with Crippen molar-refractivity contribution in [3.63, 3.8) is 0 Å². The van der Waals surface area contributed by atoms with E-state index in [0.717, 1.165) is 24.8 Å². The van der Waals surface area contributed by atoms with Crippen LogP contribution in [0.5, 0.6) is 0 Å². The summed E-state index contributed by atoms with van der Waals surface area (Å²) in [6.07, 6.45) is 4.32. The van der Waals surface area contributed by atoms with Gasteiger partial charge in [-0.05, 0) is 74.7 Å². The van der Waals surface area contributed by atoms with Gasteiger partial charge in [0.05, 0.1) is 12.7 Å². The maximum atomic E-state index is 13.2. The van der Waals surface area contributed by atoms with Crippen LogP contribution in [0.3, 0.4) is 0 Å². The number of alkyl halides is 1. The molecule has 0 aromatic heterocycles. The molecule has 178 valence electrons. The first-order valence-corrected chi connectivity index (χ1v) is 12.2. The van der Waals surface area contributed by atoms with Crippen LogP contribution < -0.4 is 0 Å². The van der Waals surface area contributed by atoms with Gasteiger partial charge in [-0.25, -0.2) is 9.59 Å². The van der Waals surface area contributed by atoms with Gasteiger partial charge in [0.2, 0.25) is 5.60 Å². The van der Waals surface area contributed by atoms with E-state index in [2.05, 4.69) is 6.92 Å². The number of aliphatic hydroxyl groups excluding tert-OH is 1. The number of rotatable bonds is 4. The number of halogens is 1. The van der Waals surface area contributed by atoms with Crippen LogP contribution in [0, 0.1) is 28.6 Å². The van der Waals surface area contributed by atoms with Gasteiger partial charge in [0.15, 0.2) is 11.8 Å². The van der Waals surface area contributed by atoms with Gasteiger partial charge in [-0.1, -0.05) is 31.0 Å². The molecule has 7 atom stereocenters. The van der Waals surface area contributed by atoms with Gasteiger partial charge >= 0.3 is 12.1 Å². The van der Waals surface area contributed by atoms with Crippen molar-refractivity contribution in [3.05, 3.63) is 11.6 Å². The molecule has 0 radical (unpaired) electrons. The molecule has 32 heavy (non-hydrogen) atoms. The highest BCUT2D eigenvalue weighted by molar-refractivity contribution is 6.17. The number of hydrogen-bond donors (Lipinski definition) is 1. The normalized spacial score (nSPS) is 42.8. The first-order chi connectivity index (χ1) is 15.1. The Labute approximate surface area is 193 Å². The number of allylic oxidation sites excluding steroid dienone is 1. The van der Waals surface area contributed by atoms with Crippen LogP contribution in [0.4, 0.5) is 4.79 Å². The van der Waals surface area contributed by atoms with E-state index < -0.39 is 29.2 Å². The summed E-state index contributed by atoms with van der Waals surface area (Å²) in [4.78, 5) is 37.6. The lowest BCUT2D eigenvalue weighted by Gasteiger charge is -2.60. The van der Waals surface area contributed by atoms with E-state index in [-0.39, 0.29) is 41.6 Å². The molecular formula is C24H33ClO7. The lowest BCUT2D eigenvalue weighted by Crippen LogP contribution is -2.63. The molecule has 3 unspecified atom stereocenters. The number of hydrogen-bond acceptors (Lipinski definition) is 7. The Kier molecular flexibility index (Phi) is 6.12. The first kappa shape index (κ1) is 23.6. The van der Waals surface area contributed by atoms with Crippen molar-refractivity contribution in [2.45, 2.75) is 77.4 Å². The van der Waals surface area contributed by atoms with Crippen LogP contribution in [-0.4, -0.2) is 47.4 Å². The predicted octanol–water partition coefficient (Wildman–Crippen LogP) is 4.14. The number of carbonyl (C=O) groups excluding carboxylic acids is 3. The summed E-state index contributed by atoms with van der Waals surface area (Å²) in [5, 5.41) is 11.5. The molecular weight excluding hydrogens is 436 g/mol. The van der Waals surface area contributed by atoms with Crippen molar-refractivity contribution < 1.29 is 33.7 Å². The number of aliphatic hydroxyl groups is 1. The Morgan fingerprint density at radius 2 is 1.94 bits per heavy atom. The fourth-order valence-electron chi connectivity index (χ4n) is 7.68. The Balaban J connectivity index is 1.72. The van der Waals surface area contributed by atoms with Gasteiger partial charge in [0, 0.05) is 11.8 Å². The predicted molar refractivity (Wildman–Crippen MR) is 116 cm³/mol. The number of esters is 1. The largest absolute Gasteiger partial charge is 0.509 e. The summed E-state index contributed by atoms with van der Waals surface area (Å²) in [6.45, 7) is 5.89. The van der Waals surface area contributed by atoms with Crippen molar-refractivity contribution in [1.82, 2.24) is 0 Å². The van der Waals surface area contributed by atoms with Gasteiger partial charge < -0.3 is 19.3 Å². The molecule has 3 fully saturated rings. The molecule has 0 bridgehead atoms. The quantitative estimate of drug-likeness (QED) is 0.489. The molecule has 0 aliphatic heterocycles. The lowest BCUT2D eigenvalue weighted by molar-refractivity contribution is -0.202. The zero-order valence-corrected chi connectivity index (χ0v) is 19.8. The summed E-state index contributed by atoms with van der Waals surface area (Å²) >= 11 is 5.70. The molecule has 4 aliphatic rings. The Bertz CT molecular complexity index is 840. The number of ether oxygens (including phenoxy) is 3. The smallest absolute Gasteiger partial charge is 0.446 e. The zero-order chi connectivity index (χ0) is 23.3. The average molecular weight is 469 g/mol. The van der Waals surface area contributed by atoms with Gasteiger partial charge in [-0.2, -0.15) is 0 Å². The molecule has 0 aromatic carbocycles. The molecule has 4 rings (SSSR count). The van der Waals surface area contributed by atoms with Gasteiger partial charge in [0.1, 0.15) is 0 Å². The second-order valence-electron chi connectivity index (χ2n) is 10.3. The Morgan fingerprint density at radius 3 is 2.62 bits per heavy atom. The van der Waals surface area contributed by atoms with Crippen LogP contribution in [0.2, 0.25) is 0 Å². The third kappa shape index (κ3) is 3.30. The van der Waals surface area contributed by atoms with E-state index in [4.69, 9.17) is 25.8 Å². The molecule has 0 amide bonds. The number of fused-ring (bicyclic) bond motifs is 5. The molecule has 7 nitrogen and oxygen atoms in total. The van der Waals surface area contributed by atoms with Crippen LogP contribution >= 0.6 is 11.6 Å². The van der Waals surface area contributed by atoms with Gasteiger partial charge in [-0.15, -0.1) is 0 Å². The van der Waals surface area contributed by atoms with E-state index in [9.17, 15) is 19.5 Å². The number of ketones is 1. The van der Waals surface area contributed by atoms with E-state index in [1.54, 1.807) is 13.0 Å². The fourth-order valence-corrected chi connectivity index (χ4v) is 7.77. The second-order valence-corrected chi connectivity index (χ2v) is 10.5. The highest BCUT2D eigenvalue weighted by Crippen LogP contribution is 2.68. The van der Waals surface area contributed by atoms with Gasteiger partial charge in [-0.3, -0.25) is 4.79 Å². The summed E-state index contributed by atoms with van der Waals surface area (Å²) in [7, 11) is 0. The van der Waals surface area contributed by atoms with Crippen molar-refractivity contribution in [1.29, 1.82) is 0 Å². The SMILES string of the molecule is CCOC(=O)O[C@]1(C(=O)OCCl)CCC2C3CCC4=CC(=O)CC[C@]4(C)C3[C@@H](O)C[C@@]21C. The topological polar surface area (TPSA) is 99.1 Å². The molecule has 4 aliphatic carbocycles. The molecule has 0 aromatic rings. The lowest BCUT2D eigenvalue weighted by atomic mass is 9.45. The molecule has 1 N–H and O–H groups in total. The van der Waals surface area contributed by atoms with Crippen molar-refractivity contribution in [3.8, 4) is 0 Å². The van der Waals surface area contributed by atoms with Crippen LogP contribution in [0.25, 0.3) is 0 Å². The minimum Gasteiger partial charge on any atom is -0.446 e. The van der Waals surface area contributed by atoms with Gasteiger partial charge in [0.25, 0.3) is 0 Å². The van der Waals surface area contributed by atoms with E-state index in [1.165, 1.54) is 0 Å².